The quantitative estimate of drug-likeness (QED) is 0.609. The van der Waals surface area contributed by atoms with Crippen molar-refractivity contribution in [2.75, 3.05) is 25.4 Å². The summed E-state index contributed by atoms with van der Waals surface area (Å²) in [7, 11) is 0. The van der Waals surface area contributed by atoms with Crippen LogP contribution in [0.5, 0.6) is 0 Å². The number of amides is 1. The molecule has 1 saturated heterocycles. The number of benzene rings is 1. The molecule has 0 aliphatic carbocycles. The average Bonchev–Trinajstić information content (AvgIpc) is 2.67. The van der Waals surface area contributed by atoms with E-state index in [2.05, 4.69) is 27.3 Å². The zero-order valence-electron chi connectivity index (χ0n) is 14.5. The van der Waals surface area contributed by atoms with Gasteiger partial charge in [0.15, 0.2) is 0 Å². The molecule has 0 unspecified atom stereocenters. The van der Waals surface area contributed by atoms with Gasteiger partial charge in [-0.05, 0) is 55.8 Å². The van der Waals surface area contributed by atoms with Gasteiger partial charge in [-0.15, -0.1) is 11.8 Å². The van der Waals surface area contributed by atoms with E-state index in [-0.39, 0.29) is 5.91 Å². The van der Waals surface area contributed by atoms with Gasteiger partial charge in [0.1, 0.15) is 0 Å². The van der Waals surface area contributed by atoms with E-state index in [1.165, 1.54) is 37.9 Å². The van der Waals surface area contributed by atoms with Gasteiger partial charge in [-0.2, -0.15) is 0 Å². The van der Waals surface area contributed by atoms with Crippen molar-refractivity contribution < 1.29 is 4.79 Å². The van der Waals surface area contributed by atoms with E-state index in [1.807, 2.05) is 30.3 Å². The average molecular weight is 356 g/mol. The summed E-state index contributed by atoms with van der Waals surface area (Å²) in [5.74, 6) is 0.807. The molecule has 0 radical (unpaired) electrons. The topological polar surface area (TPSA) is 45.2 Å². The summed E-state index contributed by atoms with van der Waals surface area (Å²) in [5, 5.41) is 3.96. The van der Waals surface area contributed by atoms with Gasteiger partial charge >= 0.3 is 0 Å². The fraction of sp³-hybridized carbons (Fsp3) is 0.400. The van der Waals surface area contributed by atoms with Gasteiger partial charge in [-0.1, -0.05) is 24.6 Å². The highest BCUT2D eigenvalue weighted by atomic mass is 32.2. The predicted molar refractivity (Wildman–Crippen MR) is 103 cm³/mol. The Hall–Kier alpha value is -1.85. The van der Waals surface area contributed by atoms with Gasteiger partial charge < -0.3 is 5.32 Å². The third-order valence-electron chi connectivity index (χ3n) is 4.35. The number of nitrogens with one attached hydrogen (secondary N) is 1. The third-order valence-corrected chi connectivity index (χ3v) is 5.29. The number of rotatable bonds is 7. The van der Waals surface area contributed by atoms with Crippen molar-refractivity contribution in [3.8, 4) is 0 Å². The second-order valence-corrected chi connectivity index (χ2v) is 7.42. The first kappa shape index (κ1) is 18.0. The molecule has 132 valence electrons. The normalized spacial score (nSPS) is 15.0. The molecule has 1 amide bonds. The first-order valence-corrected chi connectivity index (χ1v) is 9.93. The van der Waals surface area contributed by atoms with Crippen molar-refractivity contribution in [3.63, 3.8) is 0 Å². The van der Waals surface area contributed by atoms with Gasteiger partial charge in [0, 0.05) is 30.6 Å². The summed E-state index contributed by atoms with van der Waals surface area (Å²) in [4.78, 5) is 19.0. The molecule has 0 spiro atoms. The fourth-order valence-electron chi connectivity index (χ4n) is 2.99. The van der Waals surface area contributed by atoms with E-state index in [0.29, 0.717) is 6.54 Å². The lowest BCUT2D eigenvalue weighted by atomic mass is 10.1. The second kappa shape index (κ2) is 9.59. The summed E-state index contributed by atoms with van der Waals surface area (Å²) in [6.45, 7) is 4.00. The minimum atomic E-state index is -0.00820. The monoisotopic (exact) mass is 355 g/mol. The minimum absolute atomic E-state index is 0.00820. The lowest BCUT2D eigenvalue weighted by Crippen LogP contribution is -2.29. The Morgan fingerprint density at radius 3 is 2.60 bits per heavy atom. The van der Waals surface area contributed by atoms with Crippen LogP contribution in [0.3, 0.4) is 0 Å². The van der Waals surface area contributed by atoms with E-state index in [9.17, 15) is 4.79 Å². The fourth-order valence-corrected chi connectivity index (χ4v) is 3.72. The summed E-state index contributed by atoms with van der Waals surface area (Å²) in [6, 6.07) is 13.9. The molecule has 1 aliphatic heterocycles. The van der Waals surface area contributed by atoms with Crippen LogP contribution in [-0.2, 0) is 6.54 Å². The summed E-state index contributed by atoms with van der Waals surface area (Å²) in [6.07, 6.45) is 5.74. The predicted octanol–water partition coefficient (Wildman–Crippen LogP) is 3.59. The highest BCUT2D eigenvalue weighted by Crippen LogP contribution is 2.14. The molecule has 1 aliphatic rings. The number of nitrogens with zero attached hydrogens (tertiary/aromatic N) is 2. The van der Waals surface area contributed by atoms with Crippen LogP contribution in [-0.4, -0.2) is 41.2 Å². The zero-order chi connectivity index (χ0) is 17.3. The Balaban J connectivity index is 1.41. The number of hydrogen-bond acceptors (Lipinski definition) is 4. The van der Waals surface area contributed by atoms with Crippen molar-refractivity contribution in [2.45, 2.75) is 30.8 Å². The lowest BCUT2D eigenvalue weighted by Gasteiger charge is -2.26. The SMILES string of the molecule is O=C(NCCSc1ccccn1)c1ccc(CN2CCCCC2)cc1. The molecular weight excluding hydrogens is 330 g/mol. The molecule has 2 heterocycles. The van der Waals surface area contributed by atoms with Crippen LogP contribution in [0.25, 0.3) is 0 Å². The van der Waals surface area contributed by atoms with E-state index in [1.54, 1.807) is 18.0 Å². The van der Waals surface area contributed by atoms with Crippen molar-refractivity contribution in [3.05, 3.63) is 59.8 Å². The molecule has 0 saturated carbocycles. The molecule has 1 aromatic carbocycles. The smallest absolute Gasteiger partial charge is 0.251 e. The molecule has 2 aromatic rings. The number of thioether (sulfide) groups is 1. The maximum atomic E-state index is 12.2. The first-order chi connectivity index (χ1) is 12.3. The van der Waals surface area contributed by atoms with Gasteiger partial charge in [-0.3, -0.25) is 9.69 Å². The molecule has 1 aromatic heterocycles. The van der Waals surface area contributed by atoms with Crippen molar-refractivity contribution in [1.82, 2.24) is 15.2 Å². The number of carbonyl (C=O) groups is 1. The van der Waals surface area contributed by atoms with Crippen molar-refractivity contribution >= 4 is 17.7 Å². The van der Waals surface area contributed by atoms with Crippen LogP contribution >= 0.6 is 11.8 Å². The molecule has 3 rings (SSSR count). The van der Waals surface area contributed by atoms with Crippen LogP contribution in [0, 0.1) is 0 Å². The van der Waals surface area contributed by atoms with Crippen molar-refractivity contribution in [2.24, 2.45) is 0 Å². The molecule has 5 heteroatoms. The molecule has 0 bridgehead atoms. The van der Waals surface area contributed by atoms with E-state index in [4.69, 9.17) is 0 Å². The van der Waals surface area contributed by atoms with Gasteiger partial charge in [0.25, 0.3) is 5.91 Å². The molecule has 25 heavy (non-hydrogen) atoms. The van der Waals surface area contributed by atoms with E-state index >= 15 is 0 Å². The second-order valence-electron chi connectivity index (χ2n) is 6.31. The van der Waals surface area contributed by atoms with Crippen LogP contribution in [0.4, 0.5) is 0 Å². The molecule has 1 fully saturated rings. The molecular formula is C20H25N3OS. The highest BCUT2D eigenvalue weighted by Gasteiger charge is 2.11. The van der Waals surface area contributed by atoms with Crippen LogP contribution in [0.2, 0.25) is 0 Å². The number of hydrogen-bond donors (Lipinski definition) is 1. The molecule has 1 N–H and O–H groups in total. The van der Waals surface area contributed by atoms with Crippen LogP contribution < -0.4 is 5.32 Å². The van der Waals surface area contributed by atoms with Crippen molar-refractivity contribution in [1.29, 1.82) is 0 Å². The first-order valence-electron chi connectivity index (χ1n) is 8.94. The van der Waals surface area contributed by atoms with E-state index in [0.717, 1.165) is 22.9 Å². The maximum Gasteiger partial charge on any atom is 0.251 e. The Labute approximate surface area is 154 Å². The number of aromatic nitrogens is 1. The minimum Gasteiger partial charge on any atom is -0.351 e. The number of piperidine rings is 1. The van der Waals surface area contributed by atoms with Gasteiger partial charge in [0.2, 0.25) is 0 Å². The van der Waals surface area contributed by atoms with Gasteiger partial charge in [-0.25, -0.2) is 4.98 Å². The molecule has 4 nitrogen and oxygen atoms in total. The summed E-state index contributed by atoms with van der Waals surface area (Å²) >= 11 is 1.65. The van der Waals surface area contributed by atoms with Gasteiger partial charge in [0.05, 0.1) is 5.03 Å². The van der Waals surface area contributed by atoms with E-state index < -0.39 is 0 Å². The summed E-state index contributed by atoms with van der Waals surface area (Å²) < 4.78 is 0. The number of carbonyl (C=O) groups excluding carboxylic acids is 1. The Morgan fingerprint density at radius 1 is 1.08 bits per heavy atom. The lowest BCUT2D eigenvalue weighted by molar-refractivity contribution is 0.0956. The number of pyridine rings is 1. The maximum absolute atomic E-state index is 12.2. The number of likely N-dealkylation sites (tertiary alicyclic amines) is 1. The van der Waals surface area contributed by atoms with Crippen LogP contribution in [0.15, 0.2) is 53.7 Å². The molecule has 0 atom stereocenters. The standard InChI is InChI=1S/C20H25N3OS/c24-20(22-12-15-25-19-6-2-3-11-21-19)18-9-7-17(8-10-18)16-23-13-4-1-5-14-23/h2-3,6-11H,1,4-5,12-16H2,(H,22,24). The summed E-state index contributed by atoms with van der Waals surface area (Å²) in [5.41, 5.74) is 2.01. The highest BCUT2D eigenvalue weighted by molar-refractivity contribution is 7.99. The third kappa shape index (κ3) is 5.87. The Kier molecular flexibility index (Phi) is 6.89. The Morgan fingerprint density at radius 2 is 1.88 bits per heavy atom. The Bertz CT molecular complexity index is 654. The largest absolute Gasteiger partial charge is 0.351 e. The zero-order valence-corrected chi connectivity index (χ0v) is 15.3. The van der Waals surface area contributed by atoms with Crippen LogP contribution in [0.1, 0.15) is 35.2 Å².